The minimum absolute atomic E-state index is 0.127. The molecule has 0 aromatic carbocycles. The summed E-state index contributed by atoms with van der Waals surface area (Å²) in [6.45, 7) is -1.04. The van der Waals surface area contributed by atoms with E-state index in [4.69, 9.17) is 11.2 Å². The quantitative estimate of drug-likeness (QED) is 0.502. The average Bonchev–Trinajstić information content (AvgIpc) is 1.82. The van der Waals surface area contributed by atoms with E-state index >= 15 is 0 Å². The van der Waals surface area contributed by atoms with Crippen molar-refractivity contribution >= 4 is 18.2 Å². The van der Waals surface area contributed by atoms with Gasteiger partial charge in [-0.25, -0.2) is 4.57 Å². The summed E-state index contributed by atoms with van der Waals surface area (Å²) < 4.78 is 19.7. The molecule has 1 heterocycles. The Labute approximate surface area is 52.2 Å². The van der Waals surface area contributed by atoms with Gasteiger partial charge in [-0.1, -0.05) is 0 Å². The molecule has 0 aromatic heterocycles. The first-order valence-corrected chi connectivity index (χ1v) is 4.67. The Morgan fingerprint density at radius 1 is 1.88 bits per heavy atom. The van der Waals surface area contributed by atoms with Crippen LogP contribution in [-0.4, -0.2) is 12.7 Å². The lowest BCUT2D eigenvalue weighted by Crippen LogP contribution is -1.99. The first-order valence-electron chi connectivity index (χ1n) is 2.23. The van der Waals surface area contributed by atoms with E-state index in [1.165, 1.54) is 0 Å². The second kappa shape index (κ2) is 1.99. The van der Waals surface area contributed by atoms with Gasteiger partial charge < -0.3 is 0 Å². The van der Waals surface area contributed by atoms with Crippen molar-refractivity contribution in [1.82, 2.24) is 0 Å². The summed E-state index contributed by atoms with van der Waals surface area (Å²) >= 11 is 5.17. The van der Waals surface area contributed by atoms with Crippen LogP contribution in [0.5, 0.6) is 0 Å². The Morgan fingerprint density at radius 3 is 2.62 bits per heavy atom. The van der Waals surface area contributed by atoms with Crippen LogP contribution in [0.4, 0.5) is 0 Å². The molecule has 0 saturated carbocycles. The maximum absolute atomic E-state index is 10.5. The van der Waals surface area contributed by atoms with Gasteiger partial charge in [-0.2, -0.15) is 0 Å². The summed E-state index contributed by atoms with van der Waals surface area (Å²) in [4.78, 5) is 0. The van der Waals surface area contributed by atoms with Crippen molar-refractivity contribution in [3.05, 3.63) is 0 Å². The van der Waals surface area contributed by atoms with Crippen LogP contribution in [0, 0.1) is 0 Å². The zero-order valence-electron chi connectivity index (χ0n) is 4.33. The molecule has 2 unspecified atom stereocenters. The third-order valence-corrected chi connectivity index (χ3v) is 2.37. The van der Waals surface area contributed by atoms with E-state index in [0.29, 0.717) is 6.61 Å². The second-order valence-corrected chi connectivity index (χ2v) is 4.21. The van der Waals surface area contributed by atoms with Gasteiger partial charge in [0.05, 0.1) is 12.7 Å². The van der Waals surface area contributed by atoms with Gasteiger partial charge in [0.15, 0.2) is 0 Å². The van der Waals surface area contributed by atoms with E-state index in [-0.39, 0.29) is 6.10 Å². The van der Waals surface area contributed by atoms with E-state index in [1.54, 1.807) is 6.92 Å². The maximum atomic E-state index is 10.5. The standard InChI is InChI=1S/C3H6ClO3P/c1-3-2-6-8(4,5)7-3/h3H,2H2,1H3. The van der Waals surface area contributed by atoms with Crippen molar-refractivity contribution < 1.29 is 13.6 Å². The van der Waals surface area contributed by atoms with E-state index in [1.807, 2.05) is 0 Å². The molecule has 1 saturated heterocycles. The molecule has 2 atom stereocenters. The zero-order valence-corrected chi connectivity index (χ0v) is 5.98. The highest BCUT2D eigenvalue weighted by molar-refractivity contribution is 7.81. The van der Waals surface area contributed by atoms with Crippen molar-refractivity contribution in [2.45, 2.75) is 13.0 Å². The molecular formula is C3H6ClO3P. The number of hydrogen-bond donors (Lipinski definition) is 0. The van der Waals surface area contributed by atoms with Gasteiger partial charge in [-0.3, -0.25) is 9.05 Å². The molecule has 0 amide bonds. The largest absolute Gasteiger partial charge is 0.424 e. The van der Waals surface area contributed by atoms with Gasteiger partial charge in [-0.05, 0) is 6.92 Å². The third-order valence-electron chi connectivity index (χ3n) is 0.769. The lowest BCUT2D eigenvalue weighted by atomic mass is 10.5. The molecule has 5 heteroatoms. The fraction of sp³-hybridized carbons (Fsp3) is 1.00. The molecule has 0 bridgehead atoms. The minimum Gasteiger partial charge on any atom is -0.294 e. The predicted molar refractivity (Wildman–Crippen MR) is 30.0 cm³/mol. The predicted octanol–water partition coefficient (Wildman–Crippen LogP) is 1.77. The number of hydrogen-bond acceptors (Lipinski definition) is 3. The topological polar surface area (TPSA) is 35.5 Å². The van der Waals surface area contributed by atoms with Gasteiger partial charge in [0.2, 0.25) is 0 Å². The summed E-state index contributed by atoms with van der Waals surface area (Å²) in [6.07, 6.45) is -0.127. The molecule has 1 aliphatic rings. The first-order chi connectivity index (χ1) is 3.60. The van der Waals surface area contributed by atoms with Crippen molar-refractivity contribution in [3.63, 3.8) is 0 Å². The van der Waals surface area contributed by atoms with Crippen LogP contribution >= 0.6 is 18.2 Å². The fourth-order valence-corrected chi connectivity index (χ4v) is 1.99. The summed E-state index contributed by atoms with van der Waals surface area (Å²) in [5, 5.41) is 0. The fourth-order valence-electron chi connectivity index (χ4n) is 0.470. The van der Waals surface area contributed by atoms with E-state index in [0.717, 1.165) is 0 Å². The normalized spacial score (nSPS) is 47.5. The Kier molecular flexibility index (Phi) is 1.63. The van der Waals surface area contributed by atoms with Gasteiger partial charge in [0.1, 0.15) is 0 Å². The SMILES string of the molecule is CC1COP(=O)(Cl)O1. The van der Waals surface area contributed by atoms with Crippen LogP contribution in [0.25, 0.3) is 0 Å². The Hall–Kier alpha value is 0.440. The smallest absolute Gasteiger partial charge is 0.294 e. The zero-order chi connectivity index (χ0) is 6.20. The number of rotatable bonds is 0. The molecule has 1 aliphatic heterocycles. The minimum atomic E-state index is -3.13. The maximum Gasteiger partial charge on any atom is 0.424 e. The molecule has 3 nitrogen and oxygen atoms in total. The molecule has 0 aromatic rings. The summed E-state index contributed by atoms with van der Waals surface area (Å²) in [5.41, 5.74) is 0. The lowest BCUT2D eigenvalue weighted by Gasteiger charge is -1.96. The first kappa shape index (κ1) is 6.56. The summed E-state index contributed by atoms with van der Waals surface area (Å²) in [7, 11) is 0. The molecular weight excluding hydrogens is 150 g/mol. The highest BCUT2D eigenvalue weighted by atomic mass is 35.7. The Balaban J connectivity index is 2.57. The van der Waals surface area contributed by atoms with Crippen molar-refractivity contribution in [2.75, 3.05) is 6.61 Å². The van der Waals surface area contributed by atoms with Crippen LogP contribution < -0.4 is 0 Å². The van der Waals surface area contributed by atoms with Crippen LogP contribution in [0.15, 0.2) is 0 Å². The third kappa shape index (κ3) is 1.46. The van der Waals surface area contributed by atoms with Gasteiger partial charge in [0.25, 0.3) is 0 Å². The lowest BCUT2D eigenvalue weighted by molar-refractivity contribution is 0.259. The van der Waals surface area contributed by atoms with Crippen LogP contribution in [0.2, 0.25) is 0 Å². The monoisotopic (exact) mass is 156 g/mol. The molecule has 48 valence electrons. The molecule has 1 fully saturated rings. The molecule has 0 aliphatic carbocycles. The molecule has 1 rings (SSSR count). The highest BCUT2D eigenvalue weighted by Crippen LogP contribution is 2.58. The summed E-state index contributed by atoms with van der Waals surface area (Å²) in [5.74, 6) is 0. The molecule has 0 radical (unpaired) electrons. The molecule has 0 spiro atoms. The van der Waals surface area contributed by atoms with E-state index < -0.39 is 6.95 Å². The Bertz CT molecular complexity index is 136. The van der Waals surface area contributed by atoms with Crippen molar-refractivity contribution in [2.24, 2.45) is 0 Å². The highest BCUT2D eigenvalue weighted by Gasteiger charge is 2.31. The van der Waals surface area contributed by atoms with E-state index in [9.17, 15) is 4.57 Å². The van der Waals surface area contributed by atoms with Crippen molar-refractivity contribution in [1.29, 1.82) is 0 Å². The molecule has 0 N–H and O–H groups in total. The second-order valence-electron chi connectivity index (χ2n) is 1.64. The summed E-state index contributed by atoms with van der Waals surface area (Å²) in [6, 6.07) is 0. The number of halogens is 1. The van der Waals surface area contributed by atoms with E-state index in [2.05, 4.69) is 9.05 Å². The Morgan fingerprint density at radius 2 is 2.50 bits per heavy atom. The van der Waals surface area contributed by atoms with Crippen LogP contribution in [0.1, 0.15) is 6.92 Å². The van der Waals surface area contributed by atoms with Gasteiger partial charge in [0, 0.05) is 11.2 Å². The van der Waals surface area contributed by atoms with Gasteiger partial charge in [-0.15, -0.1) is 0 Å². The average molecular weight is 157 g/mol. The molecule has 8 heavy (non-hydrogen) atoms. The van der Waals surface area contributed by atoms with Crippen LogP contribution in [0.3, 0.4) is 0 Å². The van der Waals surface area contributed by atoms with Gasteiger partial charge >= 0.3 is 6.95 Å². The van der Waals surface area contributed by atoms with Crippen molar-refractivity contribution in [3.8, 4) is 0 Å². The van der Waals surface area contributed by atoms with Crippen LogP contribution in [-0.2, 0) is 13.6 Å².